The van der Waals surface area contributed by atoms with Crippen LogP contribution in [0, 0.1) is 4.51 Å². The van der Waals surface area contributed by atoms with Crippen LogP contribution in [0.1, 0.15) is 26.7 Å². The molecule has 4 heteroatoms. The molecule has 0 amide bonds. The fourth-order valence-electron chi connectivity index (χ4n) is 1.05. The van der Waals surface area contributed by atoms with Crippen molar-refractivity contribution >= 4 is 23.4 Å². The number of nitrogens with zero attached hydrogens (tertiary/aromatic N) is 1. The van der Waals surface area contributed by atoms with Gasteiger partial charge in [0.1, 0.15) is 5.52 Å². The lowest BCUT2D eigenvalue weighted by atomic mass is 10.4. The molecule has 3 nitrogen and oxygen atoms in total. The van der Waals surface area contributed by atoms with Gasteiger partial charge in [0.05, 0.1) is 4.51 Å². The van der Waals surface area contributed by atoms with Crippen LogP contribution >= 0.6 is 12.2 Å². The lowest BCUT2D eigenvalue weighted by Crippen LogP contribution is -1.76. The quantitative estimate of drug-likeness (QED) is 0.733. The first-order valence-corrected chi connectivity index (χ1v) is 5.19. The average molecular weight is 210 g/mol. The van der Waals surface area contributed by atoms with Gasteiger partial charge in [0.2, 0.25) is 5.71 Å². The molecule has 0 unspecified atom stereocenters. The Hall–Kier alpha value is -1.16. The Morgan fingerprint density at radius 1 is 1.50 bits per heavy atom. The van der Waals surface area contributed by atoms with Gasteiger partial charge in [-0.1, -0.05) is 33.0 Å². The monoisotopic (exact) mass is 210 g/mol. The van der Waals surface area contributed by atoms with Gasteiger partial charge in [-0.05, 0) is 6.07 Å². The molecule has 2 rings (SSSR count). The summed E-state index contributed by atoms with van der Waals surface area (Å²) in [6.07, 6.45) is 2.55. The third kappa shape index (κ3) is 2.01. The zero-order chi connectivity index (χ0) is 10.6. The number of nitrogens with one attached hydrogen (secondary N) is 1. The van der Waals surface area contributed by atoms with Gasteiger partial charge < -0.3 is 9.40 Å². The van der Waals surface area contributed by atoms with Crippen molar-refractivity contribution in [3.05, 3.63) is 22.7 Å². The van der Waals surface area contributed by atoms with Crippen LogP contribution in [-0.4, -0.2) is 9.97 Å². The van der Waals surface area contributed by atoms with Crippen molar-refractivity contribution in [3.8, 4) is 0 Å². The highest BCUT2D eigenvalue weighted by Crippen LogP contribution is 2.13. The van der Waals surface area contributed by atoms with Crippen LogP contribution in [-0.2, 0) is 6.42 Å². The van der Waals surface area contributed by atoms with Crippen molar-refractivity contribution in [2.24, 2.45) is 0 Å². The van der Waals surface area contributed by atoms with E-state index in [0.29, 0.717) is 5.71 Å². The predicted molar refractivity (Wildman–Crippen MR) is 59.9 cm³/mol. The Morgan fingerprint density at radius 2 is 2.21 bits per heavy atom. The van der Waals surface area contributed by atoms with Gasteiger partial charge in [-0.25, -0.2) is 4.98 Å². The van der Waals surface area contributed by atoms with Crippen LogP contribution in [0.2, 0.25) is 0 Å². The van der Waals surface area contributed by atoms with E-state index in [0.717, 1.165) is 22.3 Å². The van der Waals surface area contributed by atoms with E-state index in [1.807, 2.05) is 20.8 Å². The SMILES string of the molecule is CC.CCc1nc2c(=S)cc[nH]c2o1. The number of aryl methyl sites for hydroxylation is 1. The number of H-pyrrole nitrogens is 1. The third-order valence-corrected chi connectivity index (χ3v) is 1.99. The number of aromatic nitrogens is 2. The summed E-state index contributed by atoms with van der Waals surface area (Å²) in [7, 11) is 0. The first-order chi connectivity index (χ1) is 6.81. The molecule has 0 radical (unpaired) electrons. The molecule has 0 saturated carbocycles. The van der Waals surface area contributed by atoms with E-state index in [9.17, 15) is 0 Å². The second kappa shape index (κ2) is 4.91. The molecule has 2 aromatic heterocycles. The smallest absolute Gasteiger partial charge is 0.226 e. The van der Waals surface area contributed by atoms with Crippen LogP contribution < -0.4 is 0 Å². The summed E-state index contributed by atoms with van der Waals surface area (Å²) in [5.74, 6) is 0.721. The van der Waals surface area contributed by atoms with E-state index in [4.69, 9.17) is 16.6 Å². The normalized spacial score (nSPS) is 9.64. The first kappa shape index (κ1) is 10.9. The second-order valence-corrected chi connectivity index (χ2v) is 2.92. The Balaban J connectivity index is 0.000000461. The van der Waals surface area contributed by atoms with Gasteiger partial charge in [0, 0.05) is 12.6 Å². The molecule has 76 valence electrons. The van der Waals surface area contributed by atoms with E-state index in [1.54, 1.807) is 12.3 Å². The van der Waals surface area contributed by atoms with E-state index >= 15 is 0 Å². The topological polar surface area (TPSA) is 41.8 Å². The summed E-state index contributed by atoms with van der Waals surface area (Å²) in [5.41, 5.74) is 1.42. The number of aromatic amines is 1. The van der Waals surface area contributed by atoms with Gasteiger partial charge in [-0.2, -0.15) is 0 Å². The van der Waals surface area contributed by atoms with Crippen molar-refractivity contribution in [1.82, 2.24) is 9.97 Å². The van der Waals surface area contributed by atoms with Crippen LogP contribution in [0.15, 0.2) is 16.7 Å². The maximum Gasteiger partial charge on any atom is 0.226 e. The zero-order valence-corrected chi connectivity index (χ0v) is 9.44. The number of pyridine rings is 1. The van der Waals surface area contributed by atoms with Gasteiger partial charge in [0.15, 0.2) is 5.89 Å². The van der Waals surface area contributed by atoms with Crippen molar-refractivity contribution in [3.63, 3.8) is 0 Å². The van der Waals surface area contributed by atoms with Crippen LogP contribution in [0.5, 0.6) is 0 Å². The minimum atomic E-state index is 0.666. The molecular formula is C10H14N2OS. The molecule has 0 saturated heterocycles. The third-order valence-electron chi connectivity index (χ3n) is 1.66. The van der Waals surface area contributed by atoms with Gasteiger partial charge in [-0.3, -0.25) is 0 Å². The Morgan fingerprint density at radius 3 is 2.79 bits per heavy atom. The molecular weight excluding hydrogens is 196 g/mol. The van der Waals surface area contributed by atoms with E-state index in [-0.39, 0.29) is 0 Å². The van der Waals surface area contributed by atoms with Crippen molar-refractivity contribution < 1.29 is 4.42 Å². The van der Waals surface area contributed by atoms with Crippen LogP contribution in [0.3, 0.4) is 0 Å². The Bertz CT molecular complexity index is 458. The largest absolute Gasteiger partial charge is 0.424 e. The maximum atomic E-state index is 5.36. The number of hydrogen-bond donors (Lipinski definition) is 1. The Labute approximate surface area is 88.2 Å². The fraction of sp³-hybridized carbons (Fsp3) is 0.400. The van der Waals surface area contributed by atoms with Crippen LogP contribution in [0.25, 0.3) is 11.2 Å². The second-order valence-electron chi connectivity index (χ2n) is 2.48. The predicted octanol–water partition coefficient (Wildman–Crippen LogP) is 3.47. The van der Waals surface area contributed by atoms with Crippen molar-refractivity contribution in [1.29, 1.82) is 0 Å². The molecule has 0 fully saturated rings. The summed E-state index contributed by atoms with van der Waals surface area (Å²) in [4.78, 5) is 7.18. The van der Waals surface area contributed by atoms with Crippen LogP contribution in [0.4, 0.5) is 0 Å². The lowest BCUT2D eigenvalue weighted by Gasteiger charge is -1.83. The van der Waals surface area contributed by atoms with Gasteiger partial charge in [-0.15, -0.1) is 0 Å². The molecule has 0 aliphatic heterocycles. The van der Waals surface area contributed by atoms with Gasteiger partial charge >= 0.3 is 0 Å². The molecule has 0 aromatic carbocycles. The summed E-state index contributed by atoms with van der Waals surface area (Å²) < 4.78 is 6.09. The van der Waals surface area contributed by atoms with E-state index < -0.39 is 0 Å². The molecule has 0 spiro atoms. The molecule has 2 heterocycles. The number of fused-ring (bicyclic) bond motifs is 1. The molecule has 1 N–H and O–H groups in total. The number of oxazole rings is 1. The standard InChI is InChI=1S/C8H8N2OS.C2H6/c1-2-6-10-7-5(12)3-4-9-8(7)11-6;1-2/h3-4H,2H2,1H3,(H,9,12);1-2H3. The first-order valence-electron chi connectivity index (χ1n) is 4.78. The Kier molecular flexibility index (Phi) is 3.83. The molecule has 0 bridgehead atoms. The minimum Gasteiger partial charge on any atom is -0.424 e. The molecule has 0 aliphatic carbocycles. The molecule has 0 aliphatic rings. The maximum absolute atomic E-state index is 5.36. The summed E-state index contributed by atoms with van der Waals surface area (Å²) in [6.45, 7) is 5.99. The fourth-order valence-corrected chi connectivity index (χ4v) is 1.26. The highest BCUT2D eigenvalue weighted by molar-refractivity contribution is 7.71. The average Bonchev–Trinajstić information content (AvgIpc) is 2.65. The summed E-state index contributed by atoms with van der Waals surface area (Å²) in [5, 5.41) is 0. The highest BCUT2D eigenvalue weighted by Gasteiger charge is 2.03. The number of rotatable bonds is 1. The lowest BCUT2D eigenvalue weighted by molar-refractivity contribution is 0.529. The summed E-state index contributed by atoms with van der Waals surface area (Å²) in [6, 6.07) is 1.81. The number of hydrogen-bond acceptors (Lipinski definition) is 3. The molecule has 14 heavy (non-hydrogen) atoms. The van der Waals surface area contributed by atoms with Gasteiger partial charge in [0.25, 0.3) is 0 Å². The zero-order valence-electron chi connectivity index (χ0n) is 8.63. The highest BCUT2D eigenvalue weighted by atomic mass is 32.1. The molecule has 0 atom stereocenters. The van der Waals surface area contributed by atoms with Crippen molar-refractivity contribution in [2.75, 3.05) is 0 Å². The minimum absolute atomic E-state index is 0.666. The van der Waals surface area contributed by atoms with E-state index in [1.165, 1.54) is 0 Å². The van der Waals surface area contributed by atoms with Crippen molar-refractivity contribution in [2.45, 2.75) is 27.2 Å². The molecule has 2 aromatic rings. The summed E-state index contributed by atoms with van der Waals surface area (Å²) >= 11 is 5.07. The van der Waals surface area contributed by atoms with E-state index in [2.05, 4.69) is 9.97 Å².